The number of hydrogen-bond acceptors (Lipinski definition) is 2. The first-order valence-electron chi connectivity index (χ1n) is 3.29. The predicted molar refractivity (Wildman–Crippen MR) is 49.7 cm³/mol. The van der Waals surface area contributed by atoms with Crippen molar-refractivity contribution >= 4 is 22.9 Å². The van der Waals surface area contributed by atoms with E-state index >= 15 is 0 Å². The molecule has 12 heavy (non-hydrogen) atoms. The van der Waals surface area contributed by atoms with Crippen molar-refractivity contribution in [3.05, 3.63) is 32.9 Å². The first kappa shape index (κ1) is 7.64. The summed E-state index contributed by atoms with van der Waals surface area (Å²) in [5, 5.41) is 5.21. The van der Waals surface area contributed by atoms with Gasteiger partial charge in [0.15, 0.2) is 0 Å². The fourth-order valence-corrected chi connectivity index (χ4v) is 1.94. The Morgan fingerprint density at radius 2 is 2.17 bits per heavy atom. The summed E-state index contributed by atoms with van der Waals surface area (Å²) in [5.74, 6) is 0. The van der Waals surface area contributed by atoms with Crippen LogP contribution in [0.5, 0.6) is 0 Å². The smallest absolute Gasteiger partial charge is 0.264 e. The van der Waals surface area contributed by atoms with Crippen LogP contribution in [0.25, 0.3) is 10.6 Å². The maximum atomic E-state index is 10.8. The van der Waals surface area contributed by atoms with Crippen LogP contribution in [0.4, 0.5) is 0 Å². The van der Waals surface area contributed by atoms with Crippen molar-refractivity contribution in [1.29, 1.82) is 0 Å². The zero-order valence-corrected chi connectivity index (χ0v) is 7.50. The third-order valence-corrected chi connectivity index (χ3v) is 2.70. The van der Waals surface area contributed by atoms with Crippen molar-refractivity contribution in [2.45, 2.75) is 0 Å². The molecule has 0 aromatic carbocycles. The highest BCUT2D eigenvalue weighted by Gasteiger charge is 2.02. The molecule has 0 saturated heterocycles. The number of thiophene rings is 1. The molecular formula is C7H5ClN2OS. The molecule has 0 radical (unpaired) electrons. The lowest BCUT2D eigenvalue weighted by atomic mass is 10.3. The highest BCUT2D eigenvalue weighted by atomic mass is 35.5. The summed E-state index contributed by atoms with van der Waals surface area (Å²) < 4.78 is 0.715. The molecule has 0 atom stereocenters. The molecule has 0 saturated carbocycles. The van der Waals surface area contributed by atoms with Gasteiger partial charge in [-0.15, -0.1) is 11.3 Å². The lowest BCUT2D eigenvalue weighted by Gasteiger charge is -1.86. The van der Waals surface area contributed by atoms with Crippen LogP contribution in [0, 0.1) is 0 Å². The van der Waals surface area contributed by atoms with E-state index in [0.717, 1.165) is 10.6 Å². The van der Waals surface area contributed by atoms with Gasteiger partial charge in [0.1, 0.15) is 0 Å². The Labute approximate surface area is 77.0 Å². The average molecular weight is 201 g/mol. The van der Waals surface area contributed by atoms with Gasteiger partial charge in [-0.2, -0.15) is 0 Å². The first-order chi connectivity index (χ1) is 5.75. The molecule has 2 aromatic rings. The monoisotopic (exact) mass is 200 g/mol. The highest BCUT2D eigenvalue weighted by molar-refractivity contribution is 7.19. The van der Waals surface area contributed by atoms with Gasteiger partial charge in [-0.05, 0) is 12.1 Å². The molecule has 62 valence electrons. The Morgan fingerprint density at radius 1 is 1.33 bits per heavy atom. The van der Waals surface area contributed by atoms with Crippen LogP contribution in [0.1, 0.15) is 0 Å². The third-order valence-electron chi connectivity index (χ3n) is 1.43. The summed E-state index contributed by atoms with van der Waals surface area (Å²) in [6, 6.07) is 5.17. The highest BCUT2D eigenvalue weighted by Crippen LogP contribution is 2.28. The van der Waals surface area contributed by atoms with E-state index in [1.807, 2.05) is 6.07 Å². The number of hydrogen-bond donors (Lipinski definition) is 2. The van der Waals surface area contributed by atoms with E-state index in [1.165, 1.54) is 17.4 Å². The number of H-pyrrole nitrogens is 2. The Morgan fingerprint density at radius 3 is 2.67 bits per heavy atom. The van der Waals surface area contributed by atoms with Crippen LogP contribution in [-0.4, -0.2) is 10.2 Å². The summed E-state index contributed by atoms with van der Waals surface area (Å²) >= 11 is 7.16. The molecule has 0 aliphatic rings. The quantitative estimate of drug-likeness (QED) is 0.728. The van der Waals surface area contributed by atoms with Crippen LogP contribution >= 0.6 is 22.9 Å². The minimum atomic E-state index is -0.130. The van der Waals surface area contributed by atoms with Gasteiger partial charge in [0.25, 0.3) is 5.56 Å². The number of aromatic nitrogens is 2. The molecule has 0 unspecified atom stereocenters. The van der Waals surface area contributed by atoms with Crippen molar-refractivity contribution in [2.24, 2.45) is 0 Å². The van der Waals surface area contributed by atoms with Crippen molar-refractivity contribution in [3.63, 3.8) is 0 Å². The lowest BCUT2D eigenvalue weighted by Crippen LogP contribution is -1.93. The number of rotatable bonds is 1. The van der Waals surface area contributed by atoms with Gasteiger partial charge >= 0.3 is 0 Å². The van der Waals surface area contributed by atoms with Crippen molar-refractivity contribution in [1.82, 2.24) is 10.2 Å². The second kappa shape index (κ2) is 2.80. The average Bonchev–Trinajstić information content (AvgIpc) is 2.58. The van der Waals surface area contributed by atoms with Crippen molar-refractivity contribution in [2.75, 3.05) is 0 Å². The van der Waals surface area contributed by atoms with Gasteiger partial charge in [-0.25, -0.2) is 0 Å². The van der Waals surface area contributed by atoms with Crippen LogP contribution in [0.2, 0.25) is 4.34 Å². The number of aromatic amines is 2. The Hall–Kier alpha value is -1.00. The van der Waals surface area contributed by atoms with E-state index in [-0.39, 0.29) is 5.56 Å². The van der Waals surface area contributed by atoms with E-state index < -0.39 is 0 Å². The maximum Gasteiger partial charge on any atom is 0.264 e. The van der Waals surface area contributed by atoms with Gasteiger partial charge in [0, 0.05) is 6.07 Å². The normalized spacial score (nSPS) is 10.4. The third kappa shape index (κ3) is 1.31. The summed E-state index contributed by atoms with van der Waals surface area (Å²) in [6.07, 6.45) is 0. The molecule has 2 heterocycles. The summed E-state index contributed by atoms with van der Waals surface area (Å²) in [7, 11) is 0. The van der Waals surface area contributed by atoms with Crippen LogP contribution in [-0.2, 0) is 0 Å². The molecule has 0 aliphatic heterocycles. The van der Waals surface area contributed by atoms with Crippen molar-refractivity contribution < 1.29 is 0 Å². The van der Waals surface area contributed by atoms with E-state index in [9.17, 15) is 4.79 Å². The van der Waals surface area contributed by atoms with Crippen molar-refractivity contribution in [3.8, 4) is 10.6 Å². The van der Waals surface area contributed by atoms with E-state index in [4.69, 9.17) is 11.6 Å². The van der Waals surface area contributed by atoms with Crippen LogP contribution < -0.4 is 5.56 Å². The Bertz CT molecular complexity index is 442. The predicted octanol–water partition coefficient (Wildman–Crippen LogP) is 2.08. The summed E-state index contributed by atoms with van der Waals surface area (Å²) in [5.41, 5.74) is 0.645. The fourth-order valence-electron chi connectivity index (χ4n) is 0.924. The SMILES string of the molecule is O=c1cc(-c2ccc(Cl)s2)[nH][nH]1. The lowest BCUT2D eigenvalue weighted by molar-refractivity contribution is 1.06. The Balaban J connectivity index is 2.50. The Kier molecular flexibility index (Phi) is 1.78. The first-order valence-corrected chi connectivity index (χ1v) is 4.48. The van der Waals surface area contributed by atoms with E-state index in [2.05, 4.69) is 10.2 Å². The summed E-state index contributed by atoms with van der Waals surface area (Å²) in [6.45, 7) is 0. The molecule has 0 spiro atoms. The second-order valence-corrected chi connectivity index (χ2v) is 3.99. The van der Waals surface area contributed by atoms with E-state index in [0.29, 0.717) is 4.34 Å². The molecular weight excluding hydrogens is 196 g/mol. The topological polar surface area (TPSA) is 48.6 Å². The van der Waals surface area contributed by atoms with E-state index in [1.54, 1.807) is 6.07 Å². The number of nitrogens with one attached hydrogen (secondary N) is 2. The minimum absolute atomic E-state index is 0.130. The van der Waals surface area contributed by atoms with Gasteiger partial charge in [-0.1, -0.05) is 11.6 Å². The molecule has 0 aliphatic carbocycles. The van der Waals surface area contributed by atoms with Crippen LogP contribution in [0.3, 0.4) is 0 Å². The maximum absolute atomic E-state index is 10.8. The number of halogens is 1. The standard InChI is InChI=1S/C7H5ClN2OS/c8-6-2-1-5(12-6)4-3-7(11)10-9-4/h1-3H,(H2,9,10,11). The molecule has 5 heteroatoms. The molecule has 3 nitrogen and oxygen atoms in total. The fraction of sp³-hybridized carbons (Fsp3) is 0. The van der Waals surface area contributed by atoms with Gasteiger partial charge < -0.3 is 0 Å². The molecule has 2 rings (SSSR count). The molecule has 0 fully saturated rings. The molecule has 2 aromatic heterocycles. The molecule has 2 N–H and O–H groups in total. The second-order valence-electron chi connectivity index (χ2n) is 2.28. The largest absolute Gasteiger partial charge is 0.297 e. The molecule has 0 bridgehead atoms. The van der Waals surface area contributed by atoms with Gasteiger partial charge in [-0.3, -0.25) is 15.0 Å². The van der Waals surface area contributed by atoms with Gasteiger partial charge in [0.2, 0.25) is 0 Å². The summed E-state index contributed by atoms with van der Waals surface area (Å²) in [4.78, 5) is 11.7. The molecule has 0 amide bonds. The zero-order valence-electron chi connectivity index (χ0n) is 5.93. The zero-order chi connectivity index (χ0) is 8.55. The van der Waals surface area contributed by atoms with Crippen LogP contribution in [0.15, 0.2) is 23.0 Å². The minimum Gasteiger partial charge on any atom is -0.297 e. The van der Waals surface area contributed by atoms with Gasteiger partial charge in [0.05, 0.1) is 14.9 Å².